The quantitative estimate of drug-likeness (QED) is 0.753. The van der Waals surface area contributed by atoms with Crippen LogP contribution in [0.5, 0.6) is 0 Å². The van der Waals surface area contributed by atoms with Gasteiger partial charge in [0.05, 0.1) is 6.07 Å². The second-order valence-electron chi connectivity index (χ2n) is 6.37. The summed E-state index contributed by atoms with van der Waals surface area (Å²) in [6.45, 7) is 9.98. The standard InChI is InChI=1S/C16H33N5/c1-18-8-5-9-20(3)15-16-21(11-4-7-17)12-6-10-19(2)14-13-18/h4-6,8-16H2,1-3H3. The van der Waals surface area contributed by atoms with Crippen molar-refractivity contribution in [1.82, 2.24) is 19.6 Å². The predicted octanol–water partition coefficient (Wildman–Crippen LogP) is 0.791. The third-order valence-corrected chi connectivity index (χ3v) is 4.30. The predicted molar refractivity (Wildman–Crippen MR) is 88.4 cm³/mol. The molecule has 0 amide bonds. The normalized spacial score (nSPS) is 23.5. The molecule has 1 fully saturated rings. The van der Waals surface area contributed by atoms with Crippen LogP contribution in [0, 0.1) is 11.3 Å². The van der Waals surface area contributed by atoms with E-state index in [4.69, 9.17) is 5.26 Å². The van der Waals surface area contributed by atoms with E-state index in [0.29, 0.717) is 6.42 Å². The highest BCUT2D eigenvalue weighted by atomic mass is 15.2. The molecule has 21 heavy (non-hydrogen) atoms. The van der Waals surface area contributed by atoms with Gasteiger partial charge in [0, 0.05) is 39.1 Å². The number of hydrogen-bond acceptors (Lipinski definition) is 5. The Balaban J connectivity index is 2.46. The summed E-state index contributed by atoms with van der Waals surface area (Å²) in [5, 5.41) is 8.79. The minimum Gasteiger partial charge on any atom is -0.305 e. The third-order valence-electron chi connectivity index (χ3n) is 4.30. The molecule has 0 radical (unpaired) electrons. The van der Waals surface area contributed by atoms with Gasteiger partial charge in [-0.05, 0) is 60.2 Å². The van der Waals surface area contributed by atoms with E-state index in [1.54, 1.807) is 0 Å². The van der Waals surface area contributed by atoms with E-state index >= 15 is 0 Å². The lowest BCUT2D eigenvalue weighted by Crippen LogP contribution is -2.38. The van der Waals surface area contributed by atoms with Crippen LogP contribution in [0.2, 0.25) is 0 Å². The van der Waals surface area contributed by atoms with Gasteiger partial charge in [-0.25, -0.2) is 0 Å². The van der Waals surface area contributed by atoms with Crippen LogP contribution in [0.1, 0.15) is 19.3 Å². The van der Waals surface area contributed by atoms with Gasteiger partial charge in [-0.2, -0.15) is 5.26 Å². The van der Waals surface area contributed by atoms with Gasteiger partial charge >= 0.3 is 0 Å². The van der Waals surface area contributed by atoms with E-state index in [1.165, 1.54) is 19.4 Å². The highest BCUT2D eigenvalue weighted by Crippen LogP contribution is 2.00. The first-order valence-electron chi connectivity index (χ1n) is 8.26. The van der Waals surface area contributed by atoms with Crippen molar-refractivity contribution in [3.63, 3.8) is 0 Å². The zero-order chi connectivity index (χ0) is 15.5. The molecule has 0 spiro atoms. The fourth-order valence-corrected chi connectivity index (χ4v) is 2.71. The molecule has 5 nitrogen and oxygen atoms in total. The molecule has 1 saturated heterocycles. The summed E-state index contributed by atoms with van der Waals surface area (Å²) < 4.78 is 0. The van der Waals surface area contributed by atoms with E-state index in [2.05, 4.69) is 46.8 Å². The van der Waals surface area contributed by atoms with Gasteiger partial charge in [-0.3, -0.25) is 0 Å². The van der Waals surface area contributed by atoms with Crippen molar-refractivity contribution in [2.45, 2.75) is 19.3 Å². The summed E-state index contributed by atoms with van der Waals surface area (Å²) in [7, 11) is 6.65. The Labute approximate surface area is 131 Å². The largest absolute Gasteiger partial charge is 0.305 e. The molecule has 0 aromatic rings. The van der Waals surface area contributed by atoms with E-state index in [9.17, 15) is 0 Å². The van der Waals surface area contributed by atoms with E-state index in [0.717, 1.165) is 52.4 Å². The fourth-order valence-electron chi connectivity index (χ4n) is 2.71. The molecule has 0 N–H and O–H groups in total. The van der Waals surface area contributed by atoms with Gasteiger partial charge in [0.15, 0.2) is 0 Å². The Bertz CT molecular complexity index is 302. The lowest BCUT2D eigenvalue weighted by molar-refractivity contribution is 0.192. The zero-order valence-electron chi connectivity index (χ0n) is 14.2. The monoisotopic (exact) mass is 295 g/mol. The van der Waals surface area contributed by atoms with Crippen LogP contribution in [0.15, 0.2) is 0 Å². The molecule has 0 unspecified atom stereocenters. The van der Waals surface area contributed by atoms with Crippen LogP contribution in [0.25, 0.3) is 0 Å². The number of nitriles is 1. The van der Waals surface area contributed by atoms with Gasteiger partial charge in [0.25, 0.3) is 0 Å². The van der Waals surface area contributed by atoms with Crippen molar-refractivity contribution in [3.8, 4) is 6.07 Å². The zero-order valence-corrected chi connectivity index (χ0v) is 14.2. The molecule has 1 heterocycles. The molecule has 0 bridgehead atoms. The maximum absolute atomic E-state index is 8.79. The van der Waals surface area contributed by atoms with Crippen LogP contribution in [0.4, 0.5) is 0 Å². The lowest BCUT2D eigenvalue weighted by atomic mass is 10.3. The Hall–Kier alpha value is -0.670. The molecular weight excluding hydrogens is 262 g/mol. The second kappa shape index (κ2) is 11.0. The molecule has 1 aliphatic heterocycles. The van der Waals surface area contributed by atoms with Crippen molar-refractivity contribution in [2.75, 3.05) is 80.0 Å². The molecule has 0 saturated carbocycles. The van der Waals surface area contributed by atoms with Crippen LogP contribution >= 0.6 is 0 Å². The SMILES string of the molecule is CN1CCCN(C)CCN(CCC#N)CCCN(C)CC1. The number of rotatable bonds is 2. The van der Waals surface area contributed by atoms with Crippen molar-refractivity contribution >= 4 is 0 Å². The first kappa shape index (κ1) is 18.4. The van der Waals surface area contributed by atoms with Gasteiger partial charge in [0.2, 0.25) is 0 Å². The molecule has 1 aliphatic rings. The smallest absolute Gasteiger partial charge is 0.0635 e. The topological polar surface area (TPSA) is 36.8 Å². The maximum Gasteiger partial charge on any atom is 0.0635 e. The van der Waals surface area contributed by atoms with Crippen molar-refractivity contribution in [1.29, 1.82) is 5.26 Å². The summed E-state index contributed by atoms with van der Waals surface area (Å²) in [6.07, 6.45) is 3.06. The van der Waals surface area contributed by atoms with Gasteiger partial charge in [0.1, 0.15) is 0 Å². The summed E-state index contributed by atoms with van der Waals surface area (Å²) in [5.74, 6) is 0. The highest BCUT2D eigenvalue weighted by molar-refractivity contribution is 4.73. The van der Waals surface area contributed by atoms with Gasteiger partial charge < -0.3 is 19.6 Å². The molecule has 0 aromatic carbocycles. The van der Waals surface area contributed by atoms with Crippen LogP contribution in [0.3, 0.4) is 0 Å². The van der Waals surface area contributed by atoms with Crippen molar-refractivity contribution < 1.29 is 0 Å². The average molecular weight is 295 g/mol. The van der Waals surface area contributed by atoms with Crippen molar-refractivity contribution in [2.24, 2.45) is 0 Å². The molecule has 1 rings (SSSR count). The lowest BCUT2D eigenvalue weighted by Gasteiger charge is -2.28. The summed E-state index contributed by atoms with van der Waals surface area (Å²) in [4.78, 5) is 9.74. The second-order valence-corrected chi connectivity index (χ2v) is 6.37. The maximum atomic E-state index is 8.79. The van der Waals surface area contributed by atoms with E-state index in [1.807, 2.05) is 0 Å². The van der Waals surface area contributed by atoms with Crippen LogP contribution in [-0.2, 0) is 0 Å². The Morgan fingerprint density at radius 1 is 0.714 bits per heavy atom. The Morgan fingerprint density at radius 3 is 1.71 bits per heavy atom. The molecule has 0 atom stereocenters. The van der Waals surface area contributed by atoms with Crippen LogP contribution < -0.4 is 0 Å². The first-order valence-corrected chi connectivity index (χ1v) is 8.26. The molecule has 0 aromatic heterocycles. The molecule has 122 valence electrons. The molecular formula is C16H33N5. The van der Waals surface area contributed by atoms with Crippen molar-refractivity contribution in [3.05, 3.63) is 0 Å². The first-order chi connectivity index (χ1) is 10.1. The third kappa shape index (κ3) is 9.05. The molecule has 5 heteroatoms. The highest BCUT2D eigenvalue weighted by Gasteiger charge is 2.09. The summed E-state index contributed by atoms with van der Waals surface area (Å²) in [5.41, 5.74) is 0. The summed E-state index contributed by atoms with van der Waals surface area (Å²) >= 11 is 0. The minimum absolute atomic E-state index is 0.643. The van der Waals surface area contributed by atoms with E-state index < -0.39 is 0 Å². The summed E-state index contributed by atoms with van der Waals surface area (Å²) in [6, 6.07) is 2.27. The van der Waals surface area contributed by atoms with Gasteiger partial charge in [-0.15, -0.1) is 0 Å². The number of hydrogen-bond donors (Lipinski definition) is 0. The average Bonchev–Trinajstić information content (AvgIpc) is 2.46. The Kier molecular flexibility index (Phi) is 9.60. The number of nitrogens with zero attached hydrogens (tertiary/aromatic N) is 5. The van der Waals surface area contributed by atoms with E-state index in [-0.39, 0.29) is 0 Å². The Morgan fingerprint density at radius 2 is 1.19 bits per heavy atom. The fraction of sp³-hybridized carbons (Fsp3) is 0.938. The molecule has 0 aliphatic carbocycles. The number of likely N-dealkylation sites (N-methyl/N-ethyl adjacent to an activating group) is 3. The van der Waals surface area contributed by atoms with Gasteiger partial charge in [-0.1, -0.05) is 0 Å². The minimum atomic E-state index is 0.643. The van der Waals surface area contributed by atoms with Crippen LogP contribution in [-0.4, -0.2) is 99.6 Å².